The van der Waals surface area contributed by atoms with Crippen molar-refractivity contribution in [2.45, 2.75) is 62.9 Å². The van der Waals surface area contributed by atoms with Crippen LogP contribution in [-0.4, -0.2) is 5.66 Å². The summed E-state index contributed by atoms with van der Waals surface area (Å²) in [5.74, 6) is 1.15. The third-order valence-electron chi connectivity index (χ3n) is 8.50. The van der Waals surface area contributed by atoms with Crippen LogP contribution in [-0.2, 0) is 0 Å². The van der Waals surface area contributed by atoms with Crippen molar-refractivity contribution < 1.29 is 0 Å². The molecule has 3 aromatic rings. The molecule has 3 atom stereocenters. The van der Waals surface area contributed by atoms with Gasteiger partial charge in [-0.3, -0.25) is 0 Å². The van der Waals surface area contributed by atoms with Gasteiger partial charge in [0.2, 0.25) is 0 Å². The van der Waals surface area contributed by atoms with E-state index < -0.39 is 0 Å². The van der Waals surface area contributed by atoms with Crippen LogP contribution in [0.1, 0.15) is 62.8 Å². The number of allylic oxidation sites excluding steroid dienone is 2. The fourth-order valence-electron chi connectivity index (χ4n) is 7.40. The summed E-state index contributed by atoms with van der Waals surface area (Å²) in [5.41, 5.74) is 7.67. The largest absolute Gasteiger partial charge is 0.362 e. The van der Waals surface area contributed by atoms with Gasteiger partial charge in [0.05, 0.1) is 5.69 Å². The van der Waals surface area contributed by atoms with Crippen LogP contribution in [0.3, 0.4) is 0 Å². The molecule has 2 aliphatic heterocycles. The quantitative estimate of drug-likeness (QED) is 0.448. The van der Waals surface area contributed by atoms with Crippen LogP contribution in [0.15, 0.2) is 78.0 Å². The van der Waals surface area contributed by atoms with Crippen LogP contribution in [0.25, 0.3) is 10.8 Å². The standard InChI is InChI=1S/C29H30N2/c1-2-10-20(11-3-1)27-22-14-4-5-17-25(22)31-26-18-9-13-21-12-8-16-24(28(21)26)30-29(31)19-7-6-15-23(27)29/h1-3,8-13,16,18,23,27,30H,4-7,14-15,17,19H2/t23-,27-,29+/m0/s1. The lowest BCUT2D eigenvalue weighted by Crippen LogP contribution is -2.66. The zero-order chi connectivity index (χ0) is 20.4. The van der Waals surface area contributed by atoms with Crippen molar-refractivity contribution in [3.63, 3.8) is 0 Å². The molecular formula is C29H30N2. The molecule has 0 bridgehead atoms. The highest BCUT2D eigenvalue weighted by Crippen LogP contribution is 2.60. The van der Waals surface area contributed by atoms with Crippen molar-refractivity contribution in [3.05, 3.63) is 83.6 Å². The number of hydrogen-bond donors (Lipinski definition) is 1. The average Bonchev–Trinajstić information content (AvgIpc) is 2.83. The molecule has 1 fully saturated rings. The predicted octanol–water partition coefficient (Wildman–Crippen LogP) is 7.58. The maximum absolute atomic E-state index is 4.20. The van der Waals surface area contributed by atoms with E-state index in [1.165, 1.54) is 79.1 Å². The van der Waals surface area contributed by atoms with Gasteiger partial charge in [-0.25, -0.2) is 0 Å². The summed E-state index contributed by atoms with van der Waals surface area (Å²) in [6.07, 6.45) is 10.3. The zero-order valence-electron chi connectivity index (χ0n) is 18.1. The SMILES string of the molecule is c1ccc([C@H]2C3=C(CCCC3)N3c4cccc5cccc(c45)N[C@]34CCCC[C@@H]24)cc1. The molecule has 0 amide bonds. The van der Waals surface area contributed by atoms with Gasteiger partial charge in [0, 0.05) is 28.6 Å². The van der Waals surface area contributed by atoms with Gasteiger partial charge < -0.3 is 10.2 Å². The molecule has 1 N–H and O–H groups in total. The van der Waals surface area contributed by atoms with Crippen molar-refractivity contribution in [2.24, 2.45) is 5.92 Å². The molecule has 1 spiro atoms. The molecular weight excluding hydrogens is 376 g/mol. The normalized spacial score (nSPS) is 29.1. The second-order valence-electron chi connectivity index (χ2n) is 9.99. The van der Waals surface area contributed by atoms with E-state index in [-0.39, 0.29) is 5.66 Å². The molecule has 7 rings (SSSR count). The lowest BCUT2D eigenvalue weighted by atomic mass is 9.61. The highest BCUT2D eigenvalue weighted by Gasteiger charge is 2.56. The molecule has 2 heterocycles. The van der Waals surface area contributed by atoms with E-state index in [4.69, 9.17) is 0 Å². The van der Waals surface area contributed by atoms with Crippen molar-refractivity contribution in [3.8, 4) is 0 Å². The van der Waals surface area contributed by atoms with Gasteiger partial charge in [-0.1, -0.05) is 61.0 Å². The topological polar surface area (TPSA) is 15.3 Å². The molecule has 0 radical (unpaired) electrons. The van der Waals surface area contributed by atoms with Crippen LogP contribution < -0.4 is 10.2 Å². The minimum Gasteiger partial charge on any atom is -0.362 e. The Balaban J connectivity index is 1.54. The molecule has 2 nitrogen and oxygen atoms in total. The first kappa shape index (κ1) is 17.9. The monoisotopic (exact) mass is 406 g/mol. The number of nitrogens with one attached hydrogen (secondary N) is 1. The van der Waals surface area contributed by atoms with Crippen LogP contribution in [0.5, 0.6) is 0 Å². The van der Waals surface area contributed by atoms with E-state index in [1.807, 2.05) is 0 Å². The van der Waals surface area contributed by atoms with Gasteiger partial charge in [-0.05, 0) is 73.6 Å². The lowest BCUT2D eigenvalue weighted by molar-refractivity contribution is 0.169. The smallest absolute Gasteiger partial charge is 0.118 e. The Labute approximate surface area is 185 Å². The minimum absolute atomic E-state index is 0.00241. The first-order valence-corrected chi connectivity index (χ1v) is 12.2. The number of hydrogen-bond acceptors (Lipinski definition) is 2. The fraction of sp³-hybridized carbons (Fsp3) is 0.379. The van der Waals surface area contributed by atoms with E-state index in [1.54, 1.807) is 11.3 Å². The Hall–Kier alpha value is -2.74. The molecule has 2 heteroatoms. The third-order valence-corrected chi connectivity index (χ3v) is 8.50. The van der Waals surface area contributed by atoms with Gasteiger partial charge in [0.1, 0.15) is 5.66 Å². The predicted molar refractivity (Wildman–Crippen MR) is 129 cm³/mol. The summed E-state index contributed by atoms with van der Waals surface area (Å²) < 4.78 is 0. The molecule has 31 heavy (non-hydrogen) atoms. The van der Waals surface area contributed by atoms with Crippen LogP contribution >= 0.6 is 0 Å². The van der Waals surface area contributed by atoms with E-state index in [0.717, 1.165) is 0 Å². The van der Waals surface area contributed by atoms with Crippen molar-refractivity contribution in [2.75, 3.05) is 10.2 Å². The summed E-state index contributed by atoms with van der Waals surface area (Å²) >= 11 is 0. The lowest BCUT2D eigenvalue weighted by Gasteiger charge is -2.62. The second kappa shape index (κ2) is 6.63. The molecule has 0 unspecified atom stereocenters. The minimum atomic E-state index is -0.00241. The van der Waals surface area contributed by atoms with E-state index in [2.05, 4.69) is 76.9 Å². The number of rotatable bonds is 1. The number of anilines is 2. The first-order valence-electron chi connectivity index (χ1n) is 12.2. The van der Waals surface area contributed by atoms with Gasteiger partial charge in [-0.15, -0.1) is 0 Å². The molecule has 0 saturated heterocycles. The summed E-state index contributed by atoms with van der Waals surface area (Å²) in [5, 5.41) is 6.97. The van der Waals surface area contributed by atoms with E-state index in [0.29, 0.717) is 11.8 Å². The Kier molecular flexibility index (Phi) is 3.82. The summed E-state index contributed by atoms with van der Waals surface area (Å²) in [7, 11) is 0. The highest BCUT2D eigenvalue weighted by atomic mass is 15.4. The Bertz CT molecular complexity index is 1190. The van der Waals surface area contributed by atoms with Gasteiger partial charge in [0.25, 0.3) is 0 Å². The molecule has 156 valence electrons. The van der Waals surface area contributed by atoms with Crippen LogP contribution in [0.2, 0.25) is 0 Å². The molecule has 0 aromatic heterocycles. The van der Waals surface area contributed by atoms with Crippen LogP contribution in [0.4, 0.5) is 11.4 Å². The number of fused-ring (bicyclic) bond motifs is 2. The summed E-state index contributed by atoms with van der Waals surface area (Å²) in [4.78, 5) is 2.82. The maximum Gasteiger partial charge on any atom is 0.118 e. The maximum atomic E-state index is 4.20. The molecule has 1 saturated carbocycles. The summed E-state index contributed by atoms with van der Waals surface area (Å²) in [6, 6.07) is 25.2. The Morgan fingerprint density at radius 1 is 0.806 bits per heavy atom. The number of nitrogens with zero attached hydrogens (tertiary/aromatic N) is 1. The third kappa shape index (κ3) is 2.39. The van der Waals surface area contributed by atoms with Crippen LogP contribution in [0, 0.1) is 5.92 Å². The zero-order valence-corrected chi connectivity index (χ0v) is 18.1. The van der Waals surface area contributed by atoms with Crippen molar-refractivity contribution >= 4 is 22.1 Å². The van der Waals surface area contributed by atoms with Crippen molar-refractivity contribution in [1.82, 2.24) is 0 Å². The average molecular weight is 407 g/mol. The van der Waals surface area contributed by atoms with Gasteiger partial charge in [-0.2, -0.15) is 0 Å². The summed E-state index contributed by atoms with van der Waals surface area (Å²) in [6.45, 7) is 0. The first-order chi connectivity index (χ1) is 15.4. The molecule has 2 aliphatic carbocycles. The van der Waals surface area contributed by atoms with Gasteiger partial charge >= 0.3 is 0 Å². The number of benzene rings is 3. The Morgan fingerprint density at radius 3 is 2.55 bits per heavy atom. The second-order valence-corrected chi connectivity index (χ2v) is 9.99. The van der Waals surface area contributed by atoms with E-state index >= 15 is 0 Å². The molecule has 3 aromatic carbocycles. The van der Waals surface area contributed by atoms with Gasteiger partial charge in [0.15, 0.2) is 0 Å². The van der Waals surface area contributed by atoms with E-state index in [9.17, 15) is 0 Å². The fourth-order valence-corrected chi connectivity index (χ4v) is 7.40. The Morgan fingerprint density at radius 2 is 1.65 bits per heavy atom. The highest BCUT2D eigenvalue weighted by molar-refractivity contribution is 6.06. The molecule has 4 aliphatic rings. The van der Waals surface area contributed by atoms with Crippen molar-refractivity contribution in [1.29, 1.82) is 0 Å².